The Morgan fingerprint density at radius 1 is 0.750 bits per heavy atom. The maximum atomic E-state index is 12.4. The van der Waals surface area contributed by atoms with Gasteiger partial charge in [0.2, 0.25) is 5.91 Å². The molecule has 0 bridgehead atoms. The highest BCUT2D eigenvalue weighted by Crippen LogP contribution is 2.24. The second-order valence-electron chi connectivity index (χ2n) is 7.84. The lowest BCUT2D eigenvalue weighted by atomic mass is 9.99. The van der Waals surface area contributed by atoms with E-state index in [0.717, 1.165) is 25.9 Å². The van der Waals surface area contributed by atoms with Crippen LogP contribution < -0.4 is 0 Å². The van der Waals surface area contributed by atoms with Crippen molar-refractivity contribution in [3.63, 3.8) is 0 Å². The molecule has 1 atom stereocenters. The molecule has 1 aliphatic heterocycles. The molecule has 0 N–H and O–H groups in total. The summed E-state index contributed by atoms with van der Waals surface area (Å²) in [5.74, 6) is 0.816. The van der Waals surface area contributed by atoms with Gasteiger partial charge < -0.3 is 4.90 Å². The molecule has 2 nitrogen and oxygen atoms in total. The van der Waals surface area contributed by atoms with E-state index < -0.39 is 0 Å². The number of likely N-dealkylation sites (tertiary alicyclic amines) is 1. The van der Waals surface area contributed by atoms with Crippen molar-refractivity contribution in [1.82, 2.24) is 4.90 Å². The van der Waals surface area contributed by atoms with E-state index in [1.165, 1.54) is 89.9 Å². The third kappa shape index (κ3) is 9.69. The summed E-state index contributed by atoms with van der Waals surface area (Å²) in [4.78, 5) is 14.6. The summed E-state index contributed by atoms with van der Waals surface area (Å²) in [5, 5.41) is 0. The first-order valence-corrected chi connectivity index (χ1v) is 11.1. The zero-order chi connectivity index (χ0) is 17.5. The molecule has 1 fully saturated rings. The monoisotopic (exact) mass is 337 g/mol. The highest BCUT2D eigenvalue weighted by molar-refractivity contribution is 5.80. The highest BCUT2D eigenvalue weighted by atomic mass is 16.2. The van der Waals surface area contributed by atoms with Gasteiger partial charge in [0.05, 0.1) is 0 Å². The summed E-state index contributed by atoms with van der Waals surface area (Å²) in [6.07, 6.45) is 21.0. The lowest BCUT2D eigenvalue weighted by molar-refractivity contribution is -0.131. The van der Waals surface area contributed by atoms with Crippen LogP contribution in [0.4, 0.5) is 0 Å². The van der Waals surface area contributed by atoms with Crippen LogP contribution in [-0.2, 0) is 4.79 Å². The largest absolute Gasteiger partial charge is 0.342 e. The van der Waals surface area contributed by atoms with Crippen molar-refractivity contribution in [2.45, 2.75) is 117 Å². The van der Waals surface area contributed by atoms with E-state index in [0.29, 0.717) is 11.8 Å². The van der Waals surface area contributed by atoms with E-state index in [-0.39, 0.29) is 0 Å². The summed E-state index contributed by atoms with van der Waals surface area (Å²) in [6, 6.07) is 0. The predicted molar refractivity (Wildman–Crippen MR) is 105 cm³/mol. The van der Waals surface area contributed by atoms with Crippen molar-refractivity contribution >= 4 is 5.91 Å². The molecule has 1 amide bonds. The van der Waals surface area contributed by atoms with Gasteiger partial charge in [0.25, 0.3) is 0 Å². The Labute approximate surface area is 151 Å². The molecular formula is C22H43NO. The number of unbranched alkanes of at least 4 members (excludes halogenated alkanes) is 12. The topological polar surface area (TPSA) is 20.3 Å². The molecule has 1 aliphatic rings. The summed E-state index contributed by atoms with van der Waals surface area (Å²) in [7, 11) is 0. The molecule has 0 saturated carbocycles. The average Bonchev–Trinajstić information content (AvgIpc) is 2.93. The number of rotatable bonds is 16. The first-order valence-electron chi connectivity index (χ1n) is 11.1. The van der Waals surface area contributed by atoms with Crippen molar-refractivity contribution in [2.75, 3.05) is 13.1 Å². The molecule has 1 unspecified atom stereocenters. The number of hydrogen-bond donors (Lipinski definition) is 0. The lowest BCUT2D eigenvalue weighted by Crippen LogP contribution is -2.28. The molecule has 0 aromatic rings. The second-order valence-corrected chi connectivity index (χ2v) is 7.84. The van der Waals surface area contributed by atoms with Gasteiger partial charge in [-0.15, -0.1) is 0 Å². The van der Waals surface area contributed by atoms with Crippen LogP contribution in [0.3, 0.4) is 0 Å². The molecule has 0 spiro atoms. The first kappa shape index (κ1) is 21.5. The SMILES string of the molecule is CCCCCCCCCCC1CCN(CCCCCCCC)C1=O. The van der Waals surface area contributed by atoms with E-state index in [1.807, 2.05) is 0 Å². The zero-order valence-electron chi connectivity index (χ0n) is 16.7. The van der Waals surface area contributed by atoms with Gasteiger partial charge in [-0.3, -0.25) is 4.79 Å². The van der Waals surface area contributed by atoms with Gasteiger partial charge in [0.15, 0.2) is 0 Å². The normalized spacial score (nSPS) is 17.8. The van der Waals surface area contributed by atoms with Gasteiger partial charge in [0.1, 0.15) is 0 Å². The molecule has 0 aliphatic carbocycles. The highest BCUT2D eigenvalue weighted by Gasteiger charge is 2.30. The third-order valence-electron chi connectivity index (χ3n) is 5.60. The Bertz CT molecular complexity index is 302. The van der Waals surface area contributed by atoms with Gasteiger partial charge in [-0.2, -0.15) is 0 Å². The smallest absolute Gasteiger partial charge is 0.225 e. The van der Waals surface area contributed by atoms with E-state index in [1.54, 1.807) is 0 Å². The Morgan fingerprint density at radius 2 is 1.25 bits per heavy atom. The Morgan fingerprint density at radius 3 is 1.83 bits per heavy atom. The van der Waals surface area contributed by atoms with E-state index in [9.17, 15) is 4.79 Å². The van der Waals surface area contributed by atoms with Gasteiger partial charge in [-0.25, -0.2) is 0 Å². The molecule has 1 rings (SSSR count). The fraction of sp³-hybridized carbons (Fsp3) is 0.955. The van der Waals surface area contributed by atoms with Crippen LogP contribution in [0, 0.1) is 5.92 Å². The van der Waals surface area contributed by atoms with E-state index in [2.05, 4.69) is 18.7 Å². The van der Waals surface area contributed by atoms with Crippen molar-refractivity contribution in [3.8, 4) is 0 Å². The molecule has 0 radical (unpaired) electrons. The van der Waals surface area contributed by atoms with Gasteiger partial charge in [0, 0.05) is 19.0 Å². The van der Waals surface area contributed by atoms with E-state index >= 15 is 0 Å². The summed E-state index contributed by atoms with van der Waals surface area (Å²) < 4.78 is 0. The lowest BCUT2D eigenvalue weighted by Gasteiger charge is -2.16. The number of carbonyl (C=O) groups is 1. The maximum Gasteiger partial charge on any atom is 0.225 e. The summed E-state index contributed by atoms with van der Waals surface area (Å²) in [6.45, 7) is 6.57. The summed E-state index contributed by atoms with van der Waals surface area (Å²) >= 11 is 0. The van der Waals surface area contributed by atoms with Crippen LogP contribution in [0.15, 0.2) is 0 Å². The number of hydrogen-bond acceptors (Lipinski definition) is 1. The minimum atomic E-state index is 0.352. The van der Waals surface area contributed by atoms with Crippen molar-refractivity contribution in [2.24, 2.45) is 5.92 Å². The van der Waals surface area contributed by atoms with Crippen molar-refractivity contribution in [3.05, 3.63) is 0 Å². The molecule has 2 heteroatoms. The fourth-order valence-corrected chi connectivity index (χ4v) is 3.90. The molecule has 0 aromatic carbocycles. The zero-order valence-corrected chi connectivity index (χ0v) is 16.7. The Hall–Kier alpha value is -0.530. The standard InChI is InChI=1S/C22H43NO/c1-3-5-7-9-11-12-13-15-17-21-18-20-23(22(21)24)19-16-14-10-8-6-4-2/h21H,3-20H2,1-2H3. The maximum absolute atomic E-state index is 12.4. The molecule has 0 aromatic heterocycles. The van der Waals surface area contributed by atoms with Crippen molar-refractivity contribution < 1.29 is 4.79 Å². The quantitative estimate of drug-likeness (QED) is 0.286. The molecule has 24 heavy (non-hydrogen) atoms. The van der Waals surface area contributed by atoms with Crippen LogP contribution in [0.2, 0.25) is 0 Å². The van der Waals surface area contributed by atoms with Crippen molar-refractivity contribution in [1.29, 1.82) is 0 Å². The number of carbonyl (C=O) groups excluding carboxylic acids is 1. The first-order chi connectivity index (χ1) is 11.8. The average molecular weight is 338 g/mol. The minimum Gasteiger partial charge on any atom is -0.342 e. The van der Waals surface area contributed by atoms with Crippen LogP contribution in [0.5, 0.6) is 0 Å². The number of amides is 1. The molecule has 1 saturated heterocycles. The minimum absolute atomic E-state index is 0.352. The van der Waals surface area contributed by atoms with Crippen LogP contribution in [0.1, 0.15) is 117 Å². The van der Waals surface area contributed by atoms with E-state index in [4.69, 9.17) is 0 Å². The second kappa shape index (κ2) is 14.8. The van der Waals surface area contributed by atoms with Crippen LogP contribution >= 0.6 is 0 Å². The summed E-state index contributed by atoms with van der Waals surface area (Å²) in [5.41, 5.74) is 0. The van der Waals surface area contributed by atoms with Gasteiger partial charge >= 0.3 is 0 Å². The third-order valence-corrected chi connectivity index (χ3v) is 5.60. The molecule has 1 heterocycles. The molecule has 142 valence electrons. The van der Waals surface area contributed by atoms with Gasteiger partial charge in [-0.1, -0.05) is 97.3 Å². The van der Waals surface area contributed by atoms with Gasteiger partial charge in [-0.05, 0) is 19.3 Å². The molecular weight excluding hydrogens is 294 g/mol. The van der Waals surface area contributed by atoms with Crippen LogP contribution in [-0.4, -0.2) is 23.9 Å². The van der Waals surface area contributed by atoms with Crippen LogP contribution in [0.25, 0.3) is 0 Å². The Balaban J connectivity index is 1.97. The Kier molecular flexibility index (Phi) is 13.3. The fourth-order valence-electron chi connectivity index (χ4n) is 3.90. The number of nitrogens with zero attached hydrogens (tertiary/aromatic N) is 1. The predicted octanol–water partition coefficient (Wildman–Crippen LogP) is 6.73.